The van der Waals surface area contributed by atoms with E-state index in [4.69, 9.17) is 0 Å². The van der Waals surface area contributed by atoms with Gasteiger partial charge in [-0.05, 0) is 36.3 Å². The summed E-state index contributed by atoms with van der Waals surface area (Å²) in [6, 6.07) is 8.90. The van der Waals surface area contributed by atoms with Gasteiger partial charge in [0.2, 0.25) is 5.91 Å². The van der Waals surface area contributed by atoms with E-state index in [1.807, 2.05) is 0 Å². The van der Waals surface area contributed by atoms with Crippen LogP contribution in [0.3, 0.4) is 0 Å². The Morgan fingerprint density at radius 3 is 2.32 bits per heavy atom. The van der Waals surface area contributed by atoms with Crippen molar-refractivity contribution in [2.45, 2.75) is 58.4 Å². The lowest BCUT2D eigenvalue weighted by molar-refractivity contribution is -0.121. The van der Waals surface area contributed by atoms with Gasteiger partial charge in [0.1, 0.15) is 0 Å². The van der Waals surface area contributed by atoms with Crippen molar-refractivity contribution in [2.24, 2.45) is 5.92 Å². The maximum atomic E-state index is 11.9. The van der Waals surface area contributed by atoms with Gasteiger partial charge in [-0.25, -0.2) is 0 Å². The molecule has 0 aliphatic heterocycles. The molecule has 2 heteroatoms. The van der Waals surface area contributed by atoms with E-state index < -0.39 is 0 Å². The zero-order valence-electron chi connectivity index (χ0n) is 12.1. The Balaban J connectivity index is 1.82. The Hall–Kier alpha value is -1.31. The predicted octanol–water partition coefficient (Wildman–Crippen LogP) is 3.49. The Kier molecular flexibility index (Phi) is 5.00. The lowest BCUT2D eigenvalue weighted by atomic mass is 10.0. The van der Waals surface area contributed by atoms with Crippen molar-refractivity contribution in [1.82, 2.24) is 5.32 Å². The van der Waals surface area contributed by atoms with E-state index >= 15 is 0 Å². The molecular weight excluding hydrogens is 234 g/mol. The molecule has 0 spiro atoms. The Bertz CT molecular complexity index is 402. The van der Waals surface area contributed by atoms with Crippen molar-refractivity contribution in [3.05, 3.63) is 35.4 Å². The molecule has 0 unspecified atom stereocenters. The number of rotatable bonds is 5. The zero-order chi connectivity index (χ0) is 13.7. The minimum atomic E-state index is 0.170. The quantitative estimate of drug-likeness (QED) is 0.861. The zero-order valence-corrected chi connectivity index (χ0v) is 12.1. The number of carbonyl (C=O) groups is 1. The van der Waals surface area contributed by atoms with Crippen LogP contribution in [0.4, 0.5) is 0 Å². The van der Waals surface area contributed by atoms with E-state index in [-0.39, 0.29) is 5.91 Å². The smallest absolute Gasteiger partial charge is 0.224 e. The molecule has 0 heterocycles. The number of hydrogen-bond acceptors (Lipinski definition) is 1. The lowest BCUT2D eigenvalue weighted by Crippen LogP contribution is -2.33. The highest BCUT2D eigenvalue weighted by Gasteiger charge is 2.16. The normalized spacial score (nSPS) is 15.9. The summed E-state index contributed by atoms with van der Waals surface area (Å²) in [4.78, 5) is 11.9. The Morgan fingerprint density at radius 1 is 1.16 bits per heavy atom. The molecule has 0 saturated heterocycles. The molecular formula is C17H25NO. The van der Waals surface area contributed by atoms with Crippen molar-refractivity contribution in [1.29, 1.82) is 0 Å². The largest absolute Gasteiger partial charge is 0.353 e. The first kappa shape index (κ1) is 14.1. The third-order valence-corrected chi connectivity index (χ3v) is 3.75. The molecule has 1 aromatic carbocycles. The molecule has 0 radical (unpaired) electrons. The molecule has 1 aromatic rings. The second kappa shape index (κ2) is 6.74. The van der Waals surface area contributed by atoms with Gasteiger partial charge in [0, 0.05) is 6.04 Å². The first-order valence-electron chi connectivity index (χ1n) is 7.50. The summed E-state index contributed by atoms with van der Waals surface area (Å²) in [5.74, 6) is 0.847. The molecule has 1 N–H and O–H groups in total. The van der Waals surface area contributed by atoms with Crippen LogP contribution in [0.5, 0.6) is 0 Å². The molecule has 1 aliphatic rings. The number of carbonyl (C=O) groups excluding carboxylic acids is 1. The van der Waals surface area contributed by atoms with Gasteiger partial charge in [0.25, 0.3) is 0 Å². The van der Waals surface area contributed by atoms with Crippen molar-refractivity contribution in [2.75, 3.05) is 0 Å². The number of benzene rings is 1. The van der Waals surface area contributed by atoms with Crippen LogP contribution in [0.2, 0.25) is 0 Å². The summed E-state index contributed by atoms with van der Waals surface area (Å²) in [7, 11) is 0. The summed E-state index contributed by atoms with van der Waals surface area (Å²) >= 11 is 0. The van der Waals surface area contributed by atoms with Gasteiger partial charge < -0.3 is 5.32 Å². The molecule has 104 valence electrons. The summed E-state index contributed by atoms with van der Waals surface area (Å²) < 4.78 is 0. The van der Waals surface area contributed by atoms with Crippen LogP contribution in [0, 0.1) is 5.92 Å². The standard InChI is InChI=1S/C17H25NO/c1-13(2)11-14-7-9-15(10-8-14)12-17(19)18-16-5-3-4-6-16/h7-10,13,16H,3-6,11-12H2,1-2H3,(H,18,19). The summed E-state index contributed by atoms with van der Waals surface area (Å²) in [6.07, 6.45) is 6.44. The van der Waals surface area contributed by atoms with E-state index in [0.717, 1.165) is 24.8 Å². The molecule has 0 bridgehead atoms. The first-order valence-corrected chi connectivity index (χ1v) is 7.50. The minimum Gasteiger partial charge on any atom is -0.353 e. The topological polar surface area (TPSA) is 29.1 Å². The van der Waals surface area contributed by atoms with Gasteiger partial charge in [-0.1, -0.05) is 51.0 Å². The van der Waals surface area contributed by atoms with Crippen LogP contribution in [0.1, 0.15) is 50.7 Å². The predicted molar refractivity (Wildman–Crippen MR) is 79.1 cm³/mol. The highest BCUT2D eigenvalue weighted by molar-refractivity contribution is 5.78. The van der Waals surface area contributed by atoms with Gasteiger partial charge in [-0.15, -0.1) is 0 Å². The van der Waals surface area contributed by atoms with Crippen LogP contribution in [0.25, 0.3) is 0 Å². The maximum Gasteiger partial charge on any atom is 0.224 e. The van der Waals surface area contributed by atoms with Crippen LogP contribution >= 0.6 is 0 Å². The highest BCUT2D eigenvalue weighted by atomic mass is 16.1. The minimum absolute atomic E-state index is 0.170. The average molecular weight is 259 g/mol. The third kappa shape index (κ3) is 4.70. The summed E-state index contributed by atoms with van der Waals surface area (Å²) in [5, 5.41) is 3.14. The fraction of sp³-hybridized carbons (Fsp3) is 0.588. The molecule has 1 fully saturated rings. The molecule has 0 aromatic heterocycles. The van der Waals surface area contributed by atoms with E-state index in [1.165, 1.54) is 18.4 Å². The summed E-state index contributed by atoms with van der Waals surface area (Å²) in [5.41, 5.74) is 2.47. The van der Waals surface area contributed by atoms with Gasteiger partial charge in [0.15, 0.2) is 0 Å². The van der Waals surface area contributed by atoms with Gasteiger partial charge in [-0.3, -0.25) is 4.79 Å². The van der Waals surface area contributed by atoms with Crippen molar-refractivity contribution in [3.63, 3.8) is 0 Å². The second-order valence-corrected chi connectivity index (χ2v) is 6.14. The Labute approximate surface area is 116 Å². The lowest BCUT2D eigenvalue weighted by Gasteiger charge is -2.12. The molecule has 0 atom stereocenters. The van der Waals surface area contributed by atoms with Crippen LogP contribution < -0.4 is 5.32 Å². The fourth-order valence-electron chi connectivity index (χ4n) is 2.80. The van der Waals surface area contributed by atoms with Crippen LogP contribution in [-0.2, 0) is 17.6 Å². The van der Waals surface area contributed by atoms with Gasteiger partial charge in [0.05, 0.1) is 6.42 Å². The van der Waals surface area contributed by atoms with E-state index in [2.05, 4.69) is 43.4 Å². The first-order chi connectivity index (χ1) is 9.13. The van der Waals surface area contributed by atoms with Gasteiger partial charge >= 0.3 is 0 Å². The molecule has 1 saturated carbocycles. The molecule has 2 nitrogen and oxygen atoms in total. The van der Waals surface area contributed by atoms with E-state index in [0.29, 0.717) is 18.4 Å². The van der Waals surface area contributed by atoms with Gasteiger partial charge in [-0.2, -0.15) is 0 Å². The monoisotopic (exact) mass is 259 g/mol. The van der Waals surface area contributed by atoms with Crippen molar-refractivity contribution < 1.29 is 4.79 Å². The SMILES string of the molecule is CC(C)Cc1ccc(CC(=O)NC2CCCC2)cc1. The summed E-state index contributed by atoms with van der Waals surface area (Å²) in [6.45, 7) is 4.45. The Morgan fingerprint density at radius 2 is 1.74 bits per heavy atom. The number of amides is 1. The van der Waals surface area contributed by atoms with E-state index in [9.17, 15) is 4.79 Å². The molecule has 1 amide bonds. The van der Waals surface area contributed by atoms with Crippen LogP contribution in [0.15, 0.2) is 24.3 Å². The molecule has 1 aliphatic carbocycles. The fourth-order valence-corrected chi connectivity index (χ4v) is 2.80. The number of hydrogen-bond donors (Lipinski definition) is 1. The molecule has 2 rings (SSSR count). The van der Waals surface area contributed by atoms with Crippen LogP contribution in [-0.4, -0.2) is 11.9 Å². The van der Waals surface area contributed by atoms with E-state index in [1.54, 1.807) is 0 Å². The highest BCUT2D eigenvalue weighted by Crippen LogP contribution is 2.17. The molecule has 19 heavy (non-hydrogen) atoms. The second-order valence-electron chi connectivity index (χ2n) is 6.14. The van der Waals surface area contributed by atoms with Crippen molar-refractivity contribution in [3.8, 4) is 0 Å². The van der Waals surface area contributed by atoms with Crippen molar-refractivity contribution >= 4 is 5.91 Å². The number of nitrogens with one attached hydrogen (secondary N) is 1. The maximum absolute atomic E-state index is 11.9. The third-order valence-electron chi connectivity index (χ3n) is 3.75. The average Bonchev–Trinajstić information content (AvgIpc) is 2.83.